The van der Waals surface area contributed by atoms with Crippen LogP contribution in [0.3, 0.4) is 0 Å². The molecule has 0 heterocycles. The van der Waals surface area contributed by atoms with Gasteiger partial charge in [0.1, 0.15) is 25.9 Å². The van der Waals surface area contributed by atoms with Crippen LogP contribution in [0.15, 0.2) is 72.8 Å². The van der Waals surface area contributed by atoms with E-state index in [2.05, 4.69) is 0 Å². The van der Waals surface area contributed by atoms with E-state index < -0.39 is 42.8 Å². The maximum atomic E-state index is 12.1. The summed E-state index contributed by atoms with van der Waals surface area (Å²) >= 11 is 0. The van der Waals surface area contributed by atoms with Gasteiger partial charge < -0.3 is 24.4 Å². The Bertz CT molecular complexity index is 894. The van der Waals surface area contributed by atoms with Crippen molar-refractivity contribution in [2.45, 2.75) is 18.6 Å². The van der Waals surface area contributed by atoms with Crippen LogP contribution in [0.25, 0.3) is 0 Å². The van der Waals surface area contributed by atoms with Crippen molar-refractivity contribution in [2.75, 3.05) is 19.8 Å². The third kappa shape index (κ3) is 7.69. The molecule has 0 bridgehead atoms. The molecule has 0 aliphatic heterocycles. The molecule has 0 aliphatic rings. The van der Waals surface area contributed by atoms with Crippen molar-refractivity contribution in [1.29, 1.82) is 0 Å². The largest absolute Gasteiger partial charge is 0.463 e. The molecule has 2 N–H and O–H groups in total. The number of aliphatic hydroxyl groups is 2. The number of ether oxygens (including phenoxy) is 3. The molecule has 0 saturated heterocycles. The molecule has 8 nitrogen and oxygen atoms in total. The second-order valence-electron chi connectivity index (χ2n) is 6.66. The van der Waals surface area contributed by atoms with Crippen molar-refractivity contribution >= 4 is 17.9 Å². The first-order chi connectivity index (χ1) is 14.8. The summed E-state index contributed by atoms with van der Waals surface area (Å²) in [5.41, 5.74) is -1.47. The van der Waals surface area contributed by atoms with Crippen molar-refractivity contribution in [3.05, 3.63) is 83.9 Å². The first kappa shape index (κ1) is 23.8. The highest BCUT2D eigenvalue weighted by Gasteiger charge is 2.37. The van der Waals surface area contributed by atoms with E-state index in [1.807, 2.05) is 0 Å². The zero-order valence-corrected chi connectivity index (χ0v) is 17.0. The Morgan fingerprint density at radius 1 is 0.871 bits per heavy atom. The van der Waals surface area contributed by atoms with Crippen molar-refractivity contribution in [1.82, 2.24) is 0 Å². The van der Waals surface area contributed by atoms with Gasteiger partial charge in [0.2, 0.25) is 0 Å². The van der Waals surface area contributed by atoms with E-state index in [4.69, 9.17) is 14.2 Å². The summed E-state index contributed by atoms with van der Waals surface area (Å²) in [4.78, 5) is 35.2. The van der Waals surface area contributed by atoms with Crippen LogP contribution in [0.1, 0.15) is 27.6 Å². The van der Waals surface area contributed by atoms with Crippen molar-refractivity contribution < 1.29 is 38.8 Å². The van der Waals surface area contributed by atoms with E-state index in [1.165, 1.54) is 18.2 Å². The number of hydrogen-bond donors (Lipinski definition) is 2. The number of carbonyl (C=O) groups is 3. The molecule has 0 saturated carbocycles. The Kier molecular flexibility index (Phi) is 8.93. The summed E-state index contributed by atoms with van der Waals surface area (Å²) in [7, 11) is 0. The zero-order chi connectivity index (χ0) is 22.7. The average Bonchev–Trinajstić information content (AvgIpc) is 2.79. The first-order valence-electron chi connectivity index (χ1n) is 9.46. The number of rotatable bonds is 10. The molecule has 2 atom stereocenters. The van der Waals surface area contributed by atoms with Gasteiger partial charge in [-0.3, -0.25) is 4.79 Å². The van der Waals surface area contributed by atoms with Gasteiger partial charge in [0.25, 0.3) is 0 Å². The van der Waals surface area contributed by atoms with Gasteiger partial charge in [0, 0.05) is 6.92 Å². The van der Waals surface area contributed by atoms with Gasteiger partial charge in [0.15, 0.2) is 5.60 Å². The quantitative estimate of drug-likeness (QED) is 0.335. The highest BCUT2D eigenvalue weighted by Crippen LogP contribution is 2.16. The van der Waals surface area contributed by atoms with E-state index >= 15 is 0 Å². The molecule has 0 aromatic heterocycles. The minimum Gasteiger partial charge on any atom is -0.463 e. The zero-order valence-electron chi connectivity index (χ0n) is 17.0. The lowest BCUT2D eigenvalue weighted by Gasteiger charge is -2.30. The summed E-state index contributed by atoms with van der Waals surface area (Å²) in [5, 5.41) is 21.1. The lowest BCUT2D eigenvalue weighted by Crippen LogP contribution is -2.50. The van der Waals surface area contributed by atoms with Crippen molar-refractivity contribution in [3.8, 4) is 0 Å². The second kappa shape index (κ2) is 11.6. The first-order valence-corrected chi connectivity index (χ1v) is 9.46. The van der Waals surface area contributed by atoms with E-state index in [9.17, 15) is 24.6 Å². The molecular formula is C23H24O8. The minimum absolute atomic E-state index is 0.168. The Morgan fingerprint density at radius 2 is 1.35 bits per heavy atom. The second-order valence-corrected chi connectivity index (χ2v) is 6.66. The molecule has 0 spiro atoms. The lowest BCUT2D eigenvalue weighted by atomic mass is 9.98. The fourth-order valence-corrected chi connectivity index (χ4v) is 2.43. The Labute approximate surface area is 179 Å². The lowest BCUT2D eigenvalue weighted by molar-refractivity contribution is -0.161. The minimum atomic E-state index is -2.10. The highest BCUT2D eigenvalue weighted by molar-refractivity contribution is 5.89. The molecule has 1 unspecified atom stereocenters. The smallest absolute Gasteiger partial charge is 0.338 e. The Balaban J connectivity index is 1.96. The molecule has 31 heavy (non-hydrogen) atoms. The van der Waals surface area contributed by atoms with E-state index in [-0.39, 0.29) is 12.2 Å². The van der Waals surface area contributed by atoms with Crippen LogP contribution >= 0.6 is 0 Å². The van der Waals surface area contributed by atoms with E-state index in [1.54, 1.807) is 48.5 Å². The fourth-order valence-electron chi connectivity index (χ4n) is 2.43. The molecule has 0 fully saturated rings. The molecule has 0 aliphatic carbocycles. The number of hydrogen-bond acceptors (Lipinski definition) is 8. The standard InChI is InChI=1S/C23H24O8/c1-17(24)30-15-23(28,16-31-22(27)19-11-6-3-7-12-19)20(25)13-8-14-29-21(26)18-9-4-2-5-10-18/h2-13,20,25,28H,14-16H2,1H3/b13-8-/t20?,23-/m0/s1. The molecule has 2 aromatic rings. The van der Waals surface area contributed by atoms with E-state index in [0.717, 1.165) is 13.0 Å². The molecular weight excluding hydrogens is 404 g/mol. The van der Waals surface area contributed by atoms with Gasteiger partial charge in [-0.15, -0.1) is 0 Å². The van der Waals surface area contributed by atoms with Gasteiger partial charge >= 0.3 is 17.9 Å². The summed E-state index contributed by atoms with van der Waals surface area (Å²) < 4.78 is 15.0. The predicted molar refractivity (Wildman–Crippen MR) is 110 cm³/mol. The summed E-state index contributed by atoms with van der Waals surface area (Å²) in [5.74, 6) is -1.94. The fraction of sp³-hybridized carbons (Fsp3) is 0.261. The normalized spacial score (nSPS) is 13.8. The monoisotopic (exact) mass is 428 g/mol. The molecule has 2 aromatic carbocycles. The third-order valence-corrected chi connectivity index (χ3v) is 4.18. The van der Waals surface area contributed by atoms with Crippen LogP contribution in [0.5, 0.6) is 0 Å². The van der Waals surface area contributed by atoms with Crippen LogP contribution in [0.4, 0.5) is 0 Å². The van der Waals surface area contributed by atoms with Crippen LogP contribution in [0, 0.1) is 0 Å². The summed E-state index contributed by atoms with van der Waals surface area (Å²) in [6, 6.07) is 16.4. The average molecular weight is 428 g/mol. The van der Waals surface area contributed by atoms with Crippen LogP contribution < -0.4 is 0 Å². The molecule has 0 radical (unpaired) electrons. The molecule has 8 heteroatoms. The van der Waals surface area contributed by atoms with Gasteiger partial charge in [-0.05, 0) is 30.3 Å². The maximum absolute atomic E-state index is 12.1. The maximum Gasteiger partial charge on any atom is 0.338 e. The van der Waals surface area contributed by atoms with Gasteiger partial charge in [-0.2, -0.15) is 0 Å². The van der Waals surface area contributed by atoms with Crippen LogP contribution in [-0.2, 0) is 19.0 Å². The number of benzene rings is 2. The predicted octanol–water partition coefficient (Wildman–Crippen LogP) is 1.91. The highest BCUT2D eigenvalue weighted by atomic mass is 16.6. The van der Waals surface area contributed by atoms with Gasteiger partial charge in [0.05, 0.1) is 11.1 Å². The van der Waals surface area contributed by atoms with E-state index in [0.29, 0.717) is 5.56 Å². The van der Waals surface area contributed by atoms with Crippen molar-refractivity contribution in [3.63, 3.8) is 0 Å². The van der Waals surface area contributed by atoms with Crippen molar-refractivity contribution in [2.24, 2.45) is 0 Å². The topological polar surface area (TPSA) is 119 Å². The Morgan fingerprint density at radius 3 is 1.87 bits per heavy atom. The molecule has 0 amide bonds. The number of esters is 3. The van der Waals surface area contributed by atoms with Gasteiger partial charge in [-0.25, -0.2) is 9.59 Å². The van der Waals surface area contributed by atoms with Crippen LogP contribution in [0.2, 0.25) is 0 Å². The number of aliphatic hydroxyl groups excluding tert-OH is 1. The number of carbonyl (C=O) groups excluding carboxylic acids is 3. The van der Waals surface area contributed by atoms with Gasteiger partial charge in [-0.1, -0.05) is 42.5 Å². The molecule has 2 rings (SSSR count). The van der Waals surface area contributed by atoms with Crippen LogP contribution in [-0.4, -0.2) is 59.6 Å². The SMILES string of the molecule is CC(=O)OC[C@](O)(COC(=O)c1ccccc1)C(O)/C=C\COC(=O)c1ccccc1. The molecule has 164 valence electrons. The summed E-state index contributed by atoms with van der Waals surface area (Å²) in [6.45, 7) is -0.275. The third-order valence-electron chi connectivity index (χ3n) is 4.18. The summed E-state index contributed by atoms with van der Waals surface area (Å²) in [6.07, 6.45) is 0.910. The Hall–Kier alpha value is -3.49.